The molecule has 0 radical (unpaired) electrons. The van der Waals surface area contributed by atoms with E-state index in [0.717, 1.165) is 19.3 Å². The maximum Gasteiger partial charge on any atom is 0.306 e. The molecule has 1 rings (SSSR count). The van der Waals surface area contributed by atoms with Crippen LogP contribution in [0.2, 0.25) is 0 Å². The SMILES string of the molecule is CCC1CCCCCC(=O)O1. The lowest BCUT2D eigenvalue weighted by molar-refractivity contribution is -0.150. The zero-order valence-electron chi connectivity index (χ0n) is 7.14. The van der Waals surface area contributed by atoms with Crippen LogP contribution < -0.4 is 0 Å². The van der Waals surface area contributed by atoms with Crippen LogP contribution in [0, 0.1) is 0 Å². The quantitative estimate of drug-likeness (QED) is 0.544. The summed E-state index contributed by atoms with van der Waals surface area (Å²) in [4.78, 5) is 11.0. The standard InChI is InChI=1S/C9H16O2/c1-2-8-6-4-3-5-7-9(10)11-8/h8H,2-7H2,1H3. The first-order valence-electron chi connectivity index (χ1n) is 4.52. The summed E-state index contributed by atoms with van der Waals surface area (Å²) < 4.78 is 5.20. The molecule has 64 valence electrons. The Morgan fingerprint density at radius 3 is 3.00 bits per heavy atom. The van der Waals surface area contributed by atoms with E-state index in [1.165, 1.54) is 12.8 Å². The fourth-order valence-electron chi connectivity index (χ4n) is 1.41. The maximum atomic E-state index is 11.0. The van der Waals surface area contributed by atoms with E-state index in [4.69, 9.17) is 4.74 Å². The van der Waals surface area contributed by atoms with Crippen LogP contribution in [-0.2, 0) is 9.53 Å². The lowest BCUT2D eigenvalue weighted by Gasteiger charge is -2.18. The van der Waals surface area contributed by atoms with Crippen molar-refractivity contribution in [3.8, 4) is 0 Å². The van der Waals surface area contributed by atoms with Gasteiger partial charge in [-0.05, 0) is 25.7 Å². The first-order valence-corrected chi connectivity index (χ1v) is 4.52. The molecule has 2 nitrogen and oxygen atoms in total. The maximum absolute atomic E-state index is 11.0. The van der Waals surface area contributed by atoms with Crippen LogP contribution in [0.4, 0.5) is 0 Å². The monoisotopic (exact) mass is 156 g/mol. The summed E-state index contributed by atoms with van der Waals surface area (Å²) in [6, 6.07) is 0. The van der Waals surface area contributed by atoms with Gasteiger partial charge in [0.25, 0.3) is 0 Å². The smallest absolute Gasteiger partial charge is 0.306 e. The molecule has 11 heavy (non-hydrogen) atoms. The van der Waals surface area contributed by atoms with E-state index in [2.05, 4.69) is 6.92 Å². The van der Waals surface area contributed by atoms with Gasteiger partial charge in [0.15, 0.2) is 0 Å². The molecule has 0 saturated carbocycles. The van der Waals surface area contributed by atoms with Crippen molar-refractivity contribution in [2.45, 2.75) is 51.6 Å². The number of carbonyl (C=O) groups excluding carboxylic acids is 1. The average molecular weight is 156 g/mol. The van der Waals surface area contributed by atoms with Crippen LogP contribution in [0.1, 0.15) is 45.4 Å². The minimum atomic E-state index is -0.00319. The van der Waals surface area contributed by atoms with Crippen molar-refractivity contribution in [1.29, 1.82) is 0 Å². The predicted molar refractivity (Wildman–Crippen MR) is 43.3 cm³/mol. The van der Waals surface area contributed by atoms with Gasteiger partial charge in [-0.25, -0.2) is 0 Å². The fourth-order valence-corrected chi connectivity index (χ4v) is 1.41. The topological polar surface area (TPSA) is 26.3 Å². The minimum Gasteiger partial charge on any atom is -0.462 e. The molecule has 0 aromatic heterocycles. The van der Waals surface area contributed by atoms with Gasteiger partial charge < -0.3 is 4.74 Å². The predicted octanol–water partition coefficient (Wildman–Crippen LogP) is 2.27. The summed E-state index contributed by atoms with van der Waals surface area (Å²) in [5.41, 5.74) is 0. The van der Waals surface area contributed by atoms with E-state index >= 15 is 0 Å². The zero-order valence-corrected chi connectivity index (χ0v) is 7.14. The molecule has 1 heterocycles. The summed E-state index contributed by atoms with van der Waals surface area (Å²) in [6.45, 7) is 2.07. The van der Waals surface area contributed by atoms with Gasteiger partial charge in [-0.2, -0.15) is 0 Å². The number of esters is 1. The molecule has 1 atom stereocenters. The van der Waals surface area contributed by atoms with Gasteiger partial charge in [0, 0.05) is 6.42 Å². The molecule has 1 fully saturated rings. The van der Waals surface area contributed by atoms with Crippen LogP contribution in [-0.4, -0.2) is 12.1 Å². The number of hydrogen-bond acceptors (Lipinski definition) is 2. The van der Waals surface area contributed by atoms with E-state index in [1.54, 1.807) is 0 Å². The van der Waals surface area contributed by atoms with Crippen molar-refractivity contribution in [2.75, 3.05) is 0 Å². The molecule has 1 aliphatic heterocycles. The third-order valence-corrected chi connectivity index (χ3v) is 2.16. The summed E-state index contributed by atoms with van der Waals surface area (Å²) in [6.07, 6.45) is 6.25. The second kappa shape index (κ2) is 4.37. The summed E-state index contributed by atoms with van der Waals surface area (Å²) >= 11 is 0. The molecule has 0 aromatic carbocycles. The summed E-state index contributed by atoms with van der Waals surface area (Å²) in [7, 11) is 0. The number of carbonyl (C=O) groups is 1. The number of cyclic esters (lactones) is 1. The molecule has 0 N–H and O–H groups in total. The molecular formula is C9H16O2. The normalized spacial score (nSPS) is 27.0. The molecular weight excluding hydrogens is 140 g/mol. The molecule has 1 saturated heterocycles. The van der Waals surface area contributed by atoms with E-state index in [9.17, 15) is 4.79 Å². The Bertz CT molecular complexity index is 132. The van der Waals surface area contributed by atoms with Gasteiger partial charge in [-0.15, -0.1) is 0 Å². The highest BCUT2D eigenvalue weighted by Gasteiger charge is 2.14. The van der Waals surface area contributed by atoms with Crippen molar-refractivity contribution in [1.82, 2.24) is 0 Å². The molecule has 0 spiro atoms. The second-order valence-electron chi connectivity index (χ2n) is 3.12. The number of rotatable bonds is 1. The lowest BCUT2D eigenvalue weighted by Crippen LogP contribution is -2.19. The van der Waals surface area contributed by atoms with Gasteiger partial charge in [0.2, 0.25) is 0 Å². The molecule has 0 aromatic rings. The molecule has 1 aliphatic rings. The first-order chi connectivity index (χ1) is 5.33. The van der Waals surface area contributed by atoms with E-state index in [-0.39, 0.29) is 12.1 Å². The Balaban J connectivity index is 2.35. The second-order valence-corrected chi connectivity index (χ2v) is 3.12. The van der Waals surface area contributed by atoms with Crippen LogP contribution in [0.3, 0.4) is 0 Å². The third-order valence-electron chi connectivity index (χ3n) is 2.16. The van der Waals surface area contributed by atoms with Crippen molar-refractivity contribution >= 4 is 5.97 Å². The molecule has 2 heteroatoms. The molecule has 0 aliphatic carbocycles. The fraction of sp³-hybridized carbons (Fsp3) is 0.889. The van der Waals surface area contributed by atoms with Crippen molar-refractivity contribution in [3.05, 3.63) is 0 Å². The number of hydrogen-bond donors (Lipinski definition) is 0. The average Bonchev–Trinajstić information content (AvgIpc) is 1.96. The number of ether oxygens (including phenoxy) is 1. The highest BCUT2D eigenvalue weighted by atomic mass is 16.5. The Kier molecular flexibility index (Phi) is 3.40. The van der Waals surface area contributed by atoms with Crippen molar-refractivity contribution < 1.29 is 9.53 Å². The van der Waals surface area contributed by atoms with Crippen LogP contribution in [0.25, 0.3) is 0 Å². The van der Waals surface area contributed by atoms with Gasteiger partial charge in [0.05, 0.1) is 0 Å². The van der Waals surface area contributed by atoms with Gasteiger partial charge in [-0.1, -0.05) is 13.3 Å². The largest absolute Gasteiger partial charge is 0.462 e. The Hall–Kier alpha value is -0.530. The summed E-state index contributed by atoms with van der Waals surface area (Å²) in [5.74, 6) is -0.00319. The Morgan fingerprint density at radius 1 is 1.45 bits per heavy atom. The van der Waals surface area contributed by atoms with Crippen molar-refractivity contribution in [2.24, 2.45) is 0 Å². The first kappa shape index (κ1) is 8.57. The molecule has 0 bridgehead atoms. The highest BCUT2D eigenvalue weighted by Crippen LogP contribution is 2.15. The molecule has 1 unspecified atom stereocenters. The Morgan fingerprint density at radius 2 is 2.27 bits per heavy atom. The van der Waals surface area contributed by atoms with Gasteiger partial charge in [-0.3, -0.25) is 4.79 Å². The van der Waals surface area contributed by atoms with Crippen LogP contribution in [0.5, 0.6) is 0 Å². The van der Waals surface area contributed by atoms with Crippen LogP contribution >= 0.6 is 0 Å². The zero-order chi connectivity index (χ0) is 8.10. The van der Waals surface area contributed by atoms with E-state index in [0.29, 0.717) is 6.42 Å². The minimum absolute atomic E-state index is 0.00319. The Labute approximate surface area is 67.9 Å². The van der Waals surface area contributed by atoms with Crippen molar-refractivity contribution in [3.63, 3.8) is 0 Å². The van der Waals surface area contributed by atoms with Gasteiger partial charge >= 0.3 is 5.97 Å². The molecule has 0 amide bonds. The van der Waals surface area contributed by atoms with Gasteiger partial charge in [0.1, 0.15) is 6.10 Å². The summed E-state index contributed by atoms with van der Waals surface area (Å²) in [5, 5.41) is 0. The highest BCUT2D eigenvalue weighted by molar-refractivity contribution is 5.69. The lowest BCUT2D eigenvalue weighted by atomic mass is 10.1. The van der Waals surface area contributed by atoms with E-state index in [1.807, 2.05) is 0 Å². The van der Waals surface area contributed by atoms with Crippen LogP contribution in [0.15, 0.2) is 0 Å². The third kappa shape index (κ3) is 2.91. The van der Waals surface area contributed by atoms with E-state index < -0.39 is 0 Å².